The molecule has 1 N–H and O–H groups in total. The first-order chi connectivity index (χ1) is 8.79. The molecule has 2 rings (SSSR count). The average molecular weight is 241 g/mol. The number of aromatic hydroxyl groups is 1. The van der Waals surface area contributed by atoms with Crippen LogP contribution in [0.25, 0.3) is 0 Å². The normalized spacial score (nSPS) is 11.3. The van der Waals surface area contributed by atoms with E-state index in [4.69, 9.17) is 4.74 Å². The van der Waals surface area contributed by atoms with E-state index in [9.17, 15) is 5.11 Å². The largest absolute Gasteiger partial charge is 0.508 e. The zero-order valence-electron chi connectivity index (χ0n) is 10.2. The standard InChI is InChI=1S/C15H15NO2/c1-2-18-15(12-6-4-3-5-7-12)16-13-8-10-14(17)11-9-13/h3-11,17H,2H2,1H3. The molecule has 0 aromatic heterocycles. The van der Waals surface area contributed by atoms with E-state index in [1.807, 2.05) is 37.3 Å². The maximum atomic E-state index is 9.23. The fraction of sp³-hybridized carbons (Fsp3) is 0.133. The van der Waals surface area contributed by atoms with Crippen LogP contribution in [0.5, 0.6) is 5.75 Å². The number of ether oxygens (including phenoxy) is 1. The molecule has 0 aliphatic rings. The Labute approximate surface area is 106 Å². The second kappa shape index (κ2) is 5.87. The summed E-state index contributed by atoms with van der Waals surface area (Å²) in [6.45, 7) is 2.49. The molecule has 0 saturated carbocycles. The van der Waals surface area contributed by atoms with E-state index < -0.39 is 0 Å². The molecule has 0 bridgehead atoms. The zero-order chi connectivity index (χ0) is 12.8. The number of benzene rings is 2. The van der Waals surface area contributed by atoms with Crippen LogP contribution < -0.4 is 0 Å². The molecule has 0 aliphatic carbocycles. The average Bonchev–Trinajstić information content (AvgIpc) is 2.42. The van der Waals surface area contributed by atoms with Crippen molar-refractivity contribution >= 4 is 11.6 Å². The Bertz CT molecular complexity index is 518. The second-order valence-corrected chi connectivity index (χ2v) is 3.73. The molecule has 0 heterocycles. The van der Waals surface area contributed by atoms with Gasteiger partial charge in [-0.25, -0.2) is 4.99 Å². The fourth-order valence-electron chi connectivity index (χ4n) is 1.54. The van der Waals surface area contributed by atoms with Gasteiger partial charge in [0, 0.05) is 5.56 Å². The summed E-state index contributed by atoms with van der Waals surface area (Å²) in [4.78, 5) is 4.44. The van der Waals surface area contributed by atoms with Gasteiger partial charge in [0.05, 0.1) is 12.3 Å². The van der Waals surface area contributed by atoms with Gasteiger partial charge in [-0.05, 0) is 43.3 Å². The van der Waals surface area contributed by atoms with Crippen LogP contribution in [0, 0.1) is 0 Å². The Morgan fingerprint density at radius 1 is 1.06 bits per heavy atom. The predicted octanol–water partition coefficient (Wildman–Crippen LogP) is 3.51. The predicted molar refractivity (Wildman–Crippen MR) is 72.4 cm³/mol. The highest BCUT2D eigenvalue weighted by Gasteiger charge is 2.03. The Kier molecular flexibility index (Phi) is 3.97. The van der Waals surface area contributed by atoms with Crippen molar-refractivity contribution in [1.29, 1.82) is 0 Å². The summed E-state index contributed by atoms with van der Waals surface area (Å²) in [6, 6.07) is 16.5. The molecular formula is C15H15NO2. The van der Waals surface area contributed by atoms with Crippen LogP contribution in [-0.2, 0) is 4.74 Å². The summed E-state index contributed by atoms with van der Waals surface area (Å²) < 4.78 is 5.55. The van der Waals surface area contributed by atoms with Gasteiger partial charge in [0.25, 0.3) is 0 Å². The van der Waals surface area contributed by atoms with Crippen molar-refractivity contribution in [1.82, 2.24) is 0 Å². The lowest BCUT2D eigenvalue weighted by Gasteiger charge is -2.07. The third kappa shape index (κ3) is 3.10. The molecule has 2 aromatic carbocycles. The summed E-state index contributed by atoms with van der Waals surface area (Å²) in [6.07, 6.45) is 0. The molecule has 0 aliphatic heterocycles. The molecule has 92 valence electrons. The molecule has 3 nitrogen and oxygen atoms in total. The van der Waals surface area contributed by atoms with Gasteiger partial charge in [-0.1, -0.05) is 18.2 Å². The van der Waals surface area contributed by atoms with E-state index in [-0.39, 0.29) is 5.75 Å². The van der Waals surface area contributed by atoms with E-state index in [2.05, 4.69) is 4.99 Å². The van der Waals surface area contributed by atoms with Gasteiger partial charge in [-0.15, -0.1) is 0 Å². The summed E-state index contributed by atoms with van der Waals surface area (Å²) in [5, 5.41) is 9.23. The van der Waals surface area contributed by atoms with Gasteiger partial charge >= 0.3 is 0 Å². The Balaban J connectivity index is 2.33. The number of phenolic OH excluding ortho intramolecular Hbond substituents is 1. The molecule has 0 spiro atoms. The highest BCUT2D eigenvalue weighted by molar-refractivity contribution is 5.95. The summed E-state index contributed by atoms with van der Waals surface area (Å²) in [7, 11) is 0. The lowest BCUT2D eigenvalue weighted by atomic mass is 10.2. The summed E-state index contributed by atoms with van der Waals surface area (Å²) in [5.74, 6) is 0.815. The second-order valence-electron chi connectivity index (χ2n) is 3.73. The van der Waals surface area contributed by atoms with Crippen LogP contribution in [0.2, 0.25) is 0 Å². The minimum Gasteiger partial charge on any atom is -0.508 e. The van der Waals surface area contributed by atoms with Crippen LogP contribution >= 0.6 is 0 Å². The van der Waals surface area contributed by atoms with E-state index in [0.717, 1.165) is 11.3 Å². The minimum atomic E-state index is 0.228. The Morgan fingerprint density at radius 2 is 1.72 bits per heavy atom. The Morgan fingerprint density at radius 3 is 2.33 bits per heavy atom. The van der Waals surface area contributed by atoms with Crippen molar-refractivity contribution < 1.29 is 9.84 Å². The number of rotatable bonds is 3. The number of phenols is 1. The monoisotopic (exact) mass is 241 g/mol. The van der Waals surface area contributed by atoms with E-state index >= 15 is 0 Å². The van der Waals surface area contributed by atoms with Gasteiger partial charge < -0.3 is 9.84 Å². The van der Waals surface area contributed by atoms with Gasteiger partial charge in [0.15, 0.2) is 0 Å². The highest BCUT2D eigenvalue weighted by Crippen LogP contribution is 2.18. The van der Waals surface area contributed by atoms with E-state index in [0.29, 0.717) is 12.5 Å². The van der Waals surface area contributed by atoms with Crippen LogP contribution in [0.15, 0.2) is 59.6 Å². The molecule has 18 heavy (non-hydrogen) atoms. The molecule has 0 atom stereocenters. The smallest absolute Gasteiger partial charge is 0.221 e. The first-order valence-electron chi connectivity index (χ1n) is 5.85. The summed E-state index contributed by atoms with van der Waals surface area (Å²) >= 11 is 0. The van der Waals surface area contributed by atoms with Crippen LogP contribution in [0.1, 0.15) is 12.5 Å². The quantitative estimate of drug-likeness (QED) is 0.660. The van der Waals surface area contributed by atoms with Crippen molar-refractivity contribution in [3.05, 3.63) is 60.2 Å². The van der Waals surface area contributed by atoms with Crippen molar-refractivity contribution in [2.75, 3.05) is 6.61 Å². The topological polar surface area (TPSA) is 41.8 Å². The number of nitrogens with zero attached hydrogens (tertiary/aromatic N) is 1. The first kappa shape index (κ1) is 12.2. The molecule has 0 fully saturated rings. The van der Waals surface area contributed by atoms with Gasteiger partial charge in [-0.3, -0.25) is 0 Å². The van der Waals surface area contributed by atoms with Crippen LogP contribution in [0.4, 0.5) is 5.69 Å². The van der Waals surface area contributed by atoms with E-state index in [1.165, 1.54) is 0 Å². The summed E-state index contributed by atoms with van der Waals surface area (Å²) in [5.41, 5.74) is 1.69. The third-order valence-corrected chi connectivity index (χ3v) is 2.38. The van der Waals surface area contributed by atoms with Crippen molar-refractivity contribution in [2.45, 2.75) is 6.92 Å². The molecule has 2 aromatic rings. The molecule has 3 heteroatoms. The van der Waals surface area contributed by atoms with Crippen molar-refractivity contribution in [3.63, 3.8) is 0 Å². The highest BCUT2D eigenvalue weighted by atomic mass is 16.5. The SMILES string of the molecule is CCOC(=Nc1ccc(O)cc1)c1ccccc1. The zero-order valence-corrected chi connectivity index (χ0v) is 10.2. The molecular weight excluding hydrogens is 226 g/mol. The van der Waals surface area contributed by atoms with Crippen LogP contribution in [0.3, 0.4) is 0 Å². The molecule has 0 amide bonds. The van der Waals surface area contributed by atoms with Crippen LogP contribution in [-0.4, -0.2) is 17.6 Å². The minimum absolute atomic E-state index is 0.228. The van der Waals surface area contributed by atoms with E-state index in [1.54, 1.807) is 24.3 Å². The number of hydrogen-bond acceptors (Lipinski definition) is 3. The van der Waals surface area contributed by atoms with Crippen molar-refractivity contribution in [3.8, 4) is 5.75 Å². The Hall–Kier alpha value is -2.29. The maximum Gasteiger partial charge on any atom is 0.221 e. The van der Waals surface area contributed by atoms with Gasteiger partial charge in [0.1, 0.15) is 5.75 Å². The third-order valence-electron chi connectivity index (χ3n) is 2.38. The van der Waals surface area contributed by atoms with Gasteiger partial charge in [-0.2, -0.15) is 0 Å². The molecule has 0 saturated heterocycles. The first-order valence-corrected chi connectivity index (χ1v) is 5.85. The fourth-order valence-corrected chi connectivity index (χ4v) is 1.54. The lowest BCUT2D eigenvalue weighted by Crippen LogP contribution is -2.05. The molecule has 0 radical (unpaired) electrons. The molecule has 0 unspecified atom stereocenters. The number of hydrogen-bond donors (Lipinski definition) is 1. The van der Waals surface area contributed by atoms with Crippen molar-refractivity contribution in [2.24, 2.45) is 4.99 Å². The lowest BCUT2D eigenvalue weighted by molar-refractivity contribution is 0.329. The maximum absolute atomic E-state index is 9.23. The number of aliphatic imine (C=N–C) groups is 1. The van der Waals surface area contributed by atoms with Gasteiger partial charge in [0.2, 0.25) is 5.90 Å².